The van der Waals surface area contributed by atoms with Gasteiger partial charge < -0.3 is 19.5 Å². The third-order valence-corrected chi connectivity index (χ3v) is 6.02. The van der Waals surface area contributed by atoms with Crippen LogP contribution in [0.3, 0.4) is 0 Å². The van der Waals surface area contributed by atoms with Crippen LogP contribution in [0.1, 0.15) is 5.56 Å². The second-order valence-corrected chi connectivity index (χ2v) is 8.50. The molecule has 0 atom stereocenters. The topological polar surface area (TPSA) is 94.2 Å². The monoisotopic (exact) mass is 418 g/mol. The van der Waals surface area contributed by atoms with Crippen LogP contribution >= 0.6 is 0 Å². The van der Waals surface area contributed by atoms with Crippen molar-refractivity contribution in [1.29, 1.82) is 0 Å². The van der Waals surface area contributed by atoms with Gasteiger partial charge in [-0.1, -0.05) is 6.07 Å². The highest BCUT2D eigenvalue weighted by Crippen LogP contribution is 2.31. The molecule has 1 aliphatic rings. The summed E-state index contributed by atoms with van der Waals surface area (Å²) in [5, 5.41) is 2.66. The number of anilines is 1. The van der Waals surface area contributed by atoms with E-state index in [0.29, 0.717) is 30.4 Å². The number of amides is 1. The molecule has 0 saturated heterocycles. The minimum Gasteiger partial charge on any atom is -0.495 e. The van der Waals surface area contributed by atoms with Gasteiger partial charge in [0.15, 0.2) is 11.5 Å². The van der Waals surface area contributed by atoms with Crippen LogP contribution in [0.4, 0.5) is 5.69 Å². The number of nitrogens with zero attached hydrogens (tertiary/aromatic N) is 1. The normalized spacial score (nSPS) is 13.5. The Morgan fingerprint density at radius 3 is 2.52 bits per heavy atom. The lowest BCUT2D eigenvalue weighted by Gasteiger charge is -2.18. The van der Waals surface area contributed by atoms with Gasteiger partial charge in [-0.25, -0.2) is 12.7 Å². The Balaban J connectivity index is 1.76. The number of nitrogens with one attached hydrogen (secondary N) is 1. The number of fused-ring (bicyclic) bond motifs is 1. The molecule has 29 heavy (non-hydrogen) atoms. The summed E-state index contributed by atoms with van der Waals surface area (Å²) in [6.45, 7) is 0.994. The van der Waals surface area contributed by atoms with Gasteiger partial charge in [-0.05, 0) is 42.0 Å². The van der Waals surface area contributed by atoms with Crippen molar-refractivity contribution in [3.05, 3.63) is 48.0 Å². The fourth-order valence-electron chi connectivity index (χ4n) is 2.67. The van der Waals surface area contributed by atoms with Crippen LogP contribution < -0.4 is 19.5 Å². The van der Waals surface area contributed by atoms with Gasteiger partial charge in [-0.15, -0.1) is 0 Å². The Bertz CT molecular complexity index is 1050. The molecule has 8 nitrogen and oxygen atoms in total. The molecule has 0 saturated carbocycles. The zero-order valence-electron chi connectivity index (χ0n) is 16.3. The first-order valence-electron chi connectivity index (χ1n) is 8.80. The lowest BCUT2D eigenvalue weighted by atomic mass is 10.2. The largest absolute Gasteiger partial charge is 0.495 e. The van der Waals surface area contributed by atoms with E-state index < -0.39 is 15.9 Å². The summed E-state index contributed by atoms with van der Waals surface area (Å²) >= 11 is 0. The minimum atomic E-state index is -3.73. The molecule has 9 heteroatoms. The highest BCUT2D eigenvalue weighted by atomic mass is 32.2. The minimum absolute atomic E-state index is 0.0291. The van der Waals surface area contributed by atoms with Crippen molar-refractivity contribution < 1.29 is 27.4 Å². The van der Waals surface area contributed by atoms with Gasteiger partial charge in [-0.3, -0.25) is 4.79 Å². The summed E-state index contributed by atoms with van der Waals surface area (Å²) in [6.07, 6.45) is 2.99. The molecule has 0 radical (unpaired) electrons. The van der Waals surface area contributed by atoms with E-state index in [2.05, 4.69) is 5.32 Å². The van der Waals surface area contributed by atoms with Gasteiger partial charge in [0, 0.05) is 25.9 Å². The van der Waals surface area contributed by atoms with Crippen molar-refractivity contribution >= 4 is 27.7 Å². The standard InChI is InChI=1S/C20H22N2O6S/c1-22(2)29(24,25)19-13-15(6-8-17(19)26-3)21-20(23)9-5-14-4-7-16-18(12-14)28-11-10-27-16/h4-9,12-13H,10-11H2,1-3H3,(H,21,23)/b9-5+. The Hall–Kier alpha value is -3.04. The molecule has 0 fully saturated rings. The fourth-order valence-corrected chi connectivity index (χ4v) is 3.75. The molecule has 0 aromatic heterocycles. The molecule has 0 bridgehead atoms. The zero-order chi connectivity index (χ0) is 21.0. The molecule has 1 heterocycles. The predicted molar refractivity (Wildman–Crippen MR) is 109 cm³/mol. The third-order valence-electron chi connectivity index (χ3n) is 4.18. The predicted octanol–water partition coefficient (Wildman–Crippen LogP) is 2.37. The summed E-state index contributed by atoms with van der Waals surface area (Å²) in [7, 11) is 0.512. The number of sulfonamides is 1. The van der Waals surface area contributed by atoms with Gasteiger partial charge >= 0.3 is 0 Å². The van der Waals surface area contributed by atoms with Crippen molar-refractivity contribution in [2.45, 2.75) is 4.90 Å². The average Bonchev–Trinajstić information content (AvgIpc) is 2.72. The number of hydrogen-bond donors (Lipinski definition) is 1. The molecule has 1 amide bonds. The van der Waals surface area contributed by atoms with E-state index in [-0.39, 0.29) is 10.6 Å². The van der Waals surface area contributed by atoms with Crippen LogP contribution in [-0.2, 0) is 14.8 Å². The SMILES string of the molecule is COc1ccc(NC(=O)/C=C/c2ccc3c(c2)OCCO3)cc1S(=O)(=O)N(C)C. The summed E-state index contributed by atoms with van der Waals surface area (Å²) in [6, 6.07) is 9.82. The highest BCUT2D eigenvalue weighted by Gasteiger charge is 2.22. The van der Waals surface area contributed by atoms with Gasteiger partial charge in [-0.2, -0.15) is 0 Å². The van der Waals surface area contributed by atoms with E-state index in [9.17, 15) is 13.2 Å². The lowest BCUT2D eigenvalue weighted by Crippen LogP contribution is -2.23. The first-order chi connectivity index (χ1) is 13.8. The van der Waals surface area contributed by atoms with E-state index in [0.717, 1.165) is 9.87 Å². The fraction of sp³-hybridized carbons (Fsp3) is 0.250. The van der Waals surface area contributed by atoms with Gasteiger partial charge in [0.05, 0.1) is 7.11 Å². The molecule has 154 valence electrons. The third kappa shape index (κ3) is 4.69. The first kappa shape index (κ1) is 20.7. The summed E-state index contributed by atoms with van der Waals surface area (Å²) in [4.78, 5) is 12.2. The Labute approximate surface area is 169 Å². The van der Waals surface area contributed by atoms with Gasteiger partial charge in [0.2, 0.25) is 15.9 Å². The van der Waals surface area contributed by atoms with E-state index in [1.165, 1.54) is 39.4 Å². The Morgan fingerprint density at radius 2 is 1.83 bits per heavy atom. The average molecular weight is 418 g/mol. The van der Waals surface area contributed by atoms with E-state index in [4.69, 9.17) is 14.2 Å². The number of carbonyl (C=O) groups is 1. The van der Waals surface area contributed by atoms with Gasteiger partial charge in [0.1, 0.15) is 23.9 Å². The number of benzene rings is 2. The maximum absolute atomic E-state index is 12.5. The molecule has 2 aromatic carbocycles. The van der Waals surface area contributed by atoms with Crippen LogP contribution in [0.15, 0.2) is 47.4 Å². The van der Waals surface area contributed by atoms with E-state index in [1.54, 1.807) is 24.3 Å². The number of ether oxygens (including phenoxy) is 3. The second-order valence-electron chi connectivity index (χ2n) is 6.38. The summed E-state index contributed by atoms with van der Waals surface area (Å²) < 4.78 is 42.2. The zero-order valence-corrected chi connectivity index (χ0v) is 17.2. The van der Waals surface area contributed by atoms with Crippen molar-refractivity contribution in [3.63, 3.8) is 0 Å². The van der Waals surface area contributed by atoms with Crippen molar-refractivity contribution in [2.75, 3.05) is 39.7 Å². The molecular formula is C20H22N2O6S. The highest BCUT2D eigenvalue weighted by molar-refractivity contribution is 7.89. The van der Waals surface area contributed by atoms with E-state index in [1.807, 2.05) is 6.07 Å². The van der Waals surface area contributed by atoms with Crippen LogP contribution in [0.5, 0.6) is 17.2 Å². The first-order valence-corrected chi connectivity index (χ1v) is 10.2. The van der Waals surface area contributed by atoms with Crippen LogP contribution in [0.25, 0.3) is 6.08 Å². The molecule has 1 aliphatic heterocycles. The summed E-state index contributed by atoms with van der Waals surface area (Å²) in [5.74, 6) is 1.10. The van der Waals surface area contributed by atoms with Crippen molar-refractivity contribution in [3.8, 4) is 17.2 Å². The van der Waals surface area contributed by atoms with Crippen molar-refractivity contribution in [1.82, 2.24) is 4.31 Å². The molecule has 3 rings (SSSR count). The van der Waals surface area contributed by atoms with E-state index >= 15 is 0 Å². The molecular weight excluding hydrogens is 396 g/mol. The molecule has 1 N–H and O–H groups in total. The number of methoxy groups -OCH3 is 1. The van der Waals surface area contributed by atoms with Crippen LogP contribution in [0, 0.1) is 0 Å². The van der Waals surface area contributed by atoms with Crippen molar-refractivity contribution in [2.24, 2.45) is 0 Å². The number of carbonyl (C=O) groups excluding carboxylic acids is 1. The molecule has 0 spiro atoms. The Morgan fingerprint density at radius 1 is 1.10 bits per heavy atom. The number of rotatable bonds is 6. The molecule has 0 unspecified atom stereocenters. The van der Waals surface area contributed by atoms with Crippen LogP contribution in [0.2, 0.25) is 0 Å². The maximum atomic E-state index is 12.5. The molecule has 2 aromatic rings. The second kappa shape index (κ2) is 8.54. The van der Waals surface area contributed by atoms with Crippen LogP contribution in [-0.4, -0.2) is 53.0 Å². The summed E-state index contributed by atoms with van der Waals surface area (Å²) in [5.41, 5.74) is 1.11. The van der Waals surface area contributed by atoms with Gasteiger partial charge in [0.25, 0.3) is 0 Å². The lowest BCUT2D eigenvalue weighted by molar-refractivity contribution is -0.111. The smallest absolute Gasteiger partial charge is 0.248 e. The Kier molecular flexibility index (Phi) is 6.09. The molecule has 0 aliphatic carbocycles. The number of hydrogen-bond acceptors (Lipinski definition) is 6. The maximum Gasteiger partial charge on any atom is 0.248 e. The quantitative estimate of drug-likeness (QED) is 0.724.